The summed E-state index contributed by atoms with van der Waals surface area (Å²) in [5, 5.41) is 11.6. The highest BCUT2D eigenvalue weighted by Gasteiger charge is 2.29. The number of cyclic esters (lactones) is 1. The Kier molecular flexibility index (Phi) is 6.39. The Hall–Kier alpha value is -3.14. The molecular formula is C25H36N8O2. The summed E-state index contributed by atoms with van der Waals surface area (Å²) in [6.07, 6.45) is 11.7. The van der Waals surface area contributed by atoms with E-state index in [-0.39, 0.29) is 6.09 Å². The summed E-state index contributed by atoms with van der Waals surface area (Å²) in [5.74, 6) is 1.95. The molecule has 35 heavy (non-hydrogen) atoms. The third kappa shape index (κ3) is 5.58. The molecule has 5 rings (SSSR count). The lowest BCUT2D eigenvalue weighted by Gasteiger charge is -2.31. The maximum absolute atomic E-state index is 12.2. The van der Waals surface area contributed by atoms with Crippen molar-refractivity contribution in [2.45, 2.75) is 64.0 Å². The van der Waals surface area contributed by atoms with E-state index in [4.69, 9.17) is 14.8 Å². The molecule has 10 heteroatoms. The average molecular weight is 481 g/mol. The Morgan fingerprint density at radius 2 is 2.09 bits per heavy atom. The molecule has 188 valence electrons. The van der Waals surface area contributed by atoms with Gasteiger partial charge in [-0.15, -0.1) is 0 Å². The molecular weight excluding hydrogens is 444 g/mol. The second-order valence-corrected chi connectivity index (χ2v) is 10.5. The average Bonchev–Trinajstić information content (AvgIpc) is 3.45. The fourth-order valence-electron chi connectivity index (χ4n) is 4.60. The predicted molar refractivity (Wildman–Crippen MR) is 135 cm³/mol. The Labute approximate surface area is 206 Å². The predicted octanol–water partition coefficient (Wildman–Crippen LogP) is 4.03. The second-order valence-electron chi connectivity index (χ2n) is 10.5. The highest BCUT2D eigenvalue weighted by molar-refractivity contribution is 5.70. The van der Waals surface area contributed by atoms with Crippen molar-refractivity contribution in [2.75, 3.05) is 43.9 Å². The van der Waals surface area contributed by atoms with E-state index in [9.17, 15) is 4.79 Å². The second kappa shape index (κ2) is 9.49. The lowest BCUT2D eigenvalue weighted by atomic mass is 10.1. The van der Waals surface area contributed by atoms with Crippen molar-refractivity contribution in [3.8, 4) is 0 Å². The van der Waals surface area contributed by atoms with Crippen LogP contribution in [-0.2, 0) is 4.74 Å². The summed E-state index contributed by atoms with van der Waals surface area (Å²) >= 11 is 0. The number of ether oxygens (including phenoxy) is 1. The standard InChI is InChI=1S/C25H36N8O2/c1-17-21(16-33(30-17)19-8-12-31(4)15-19)28-23-27-14-20(18-6-7-18)22(29-23)26-10-5-11-32-13-9-25(2,3)35-24(32)34/h9,13-14,16,18-19H,5-8,10-12,15H2,1-4H3,(H2,26,27,28,29). The van der Waals surface area contributed by atoms with E-state index in [1.807, 2.05) is 39.2 Å². The Morgan fingerprint density at radius 1 is 1.26 bits per heavy atom. The van der Waals surface area contributed by atoms with Crippen LogP contribution in [0.4, 0.5) is 22.2 Å². The number of hydrogen-bond donors (Lipinski definition) is 2. The molecule has 1 atom stereocenters. The number of rotatable bonds is 9. The largest absolute Gasteiger partial charge is 0.439 e. The first kappa shape index (κ1) is 23.6. The lowest BCUT2D eigenvalue weighted by molar-refractivity contribution is 0.0390. The number of nitrogens with zero attached hydrogens (tertiary/aromatic N) is 6. The van der Waals surface area contributed by atoms with E-state index in [0.29, 0.717) is 31.0 Å². The molecule has 0 bridgehead atoms. The zero-order valence-electron chi connectivity index (χ0n) is 21.1. The number of amides is 1. The fraction of sp³-hybridized carbons (Fsp3) is 0.600. The number of carbonyl (C=O) groups excluding carboxylic acids is 1. The van der Waals surface area contributed by atoms with Crippen LogP contribution in [0.2, 0.25) is 0 Å². The van der Waals surface area contributed by atoms with Crippen LogP contribution >= 0.6 is 0 Å². The first-order valence-corrected chi connectivity index (χ1v) is 12.6. The number of hydrogen-bond acceptors (Lipinski definition) is 8. The van der Waals surface area contributed by atoms with Crippen molar-refractivity contribution in [3.63, 3.8) is 0 Å². The molecule has 2 aromatic rings. The van der Waals surface area contributed by atoms with E-state index >= 15 is 0 Å². The molecule has 2 aromatic heterocycles. The number of nitrogens with one attached hydrogen (secondary N) is 2. The Bertz CT molecular complexity index is 1110. The van der Waals surface area contributed by atoms with E-state index < -0.39 is 5.60 Å². The molecule has 0 spiro atoms. The van der Waals surface area contributed by atoms with Crippen LogP contribution in [0.15, 0.2) is 24.7 Å². The molecule has 1 aliphatic carbocycles. The van der Waals surface area contributed by atoms with Crippen LogP contribution in [-0.4, -0.2) is 74.5 Å². The molecule has 4 heterocycles. The molecule has 2 fully saturated rings. The SMILES string of the molecule is Cc1nn(C2CCN(C)C2)cc1Nc1ncc(C2CC2)c(NCCCN2C=CC(C)(C)OC2=O)n1. The van der Waals surface area contributed by atoms with Gasteiger partial charge in [0.05, 0.1) is 17.4 Å². The van der Waals surface area contributed by atoms with Crippen LogP contribution in [0, 0.1) is 6.92 Å². The number of likely N-dealkylation sites (N-methyl/N-ethyl adjacent to an activating group) is 1. The maximum atomic E-state index is 12.2. The van der Waals surface area contributed by atoms with Crippen LogP contribution < -0.4 is 10.6 Å². The van der Waals surface area contributed by atoms with E-state index in [1.54, 1.807) is 4.90 Å². The highest BCUT2D eigenvalue weighted by Crippen LogP contribution is 2.43. The van der Waals surface area contributed by atoms with Gasteiger partial charge < -0.3 is 20.3 Å². The van der Waals surface area contributed by atoms with Gasteiger partial charge in [0.1, 0.15) is 11.4 Å². The van der Waals surface area contributed by atoms with Gasteiger partial charge >= 0.3 is 6.09 Å². The third-order valence-electron chi connectivity index (χ3n) is 6.85. The lowest BCUT2D eigenvalue weighted by Crippen LogP contribution is -2.39. The van der Waals surface area contributed by atoms with Crippen LogP contribution in [0.25, 0.3) is 0 Å². The molecule has 1 unspecified atom stereocenters. The molecule has 1 saturated heterocycles. The first-order valence-electron chi connectivity index (χ1n) is 12.6. The van der Waals surface area contributed by atoms with Crippen LogP contribution in [0.3, 0.4) is 0 Å². The zero-order chi connectivity index (χ0) is 24.6. The highest BCUT2D eigenvalue weighted by atomic mass is 16.6. The van der Waals surface area contributed by atoms with E-state index in [1.165, 1.54) is 12.8 Å². The zero-order valence-corrected chi connectivity index (χ0v) is 21.1. The van der Waals surface area contributed by atoms with Crippen molar-refractivity contribution in [2.24, 2.45) is 0 Å². The van der Waals surface area contributed by atoms with Gasteiger partial charge in [0.2, 0.25) is 5.95 Å². The molecule has 1 saturated carbocycles. The van der Waals surface area contributed by atoms with Gasteiger partial charge in [-0.1, -0.05) is 0 Å². The monoisotopic (exact) mass is 480 g/mol. The van der Waals surface area contributed by atoms with E-state index in [2.05, 4.69) is 38.4 Å². The quantitative estimate of drug-likeness (QED) is 0.519. The maximum Gasteiger partial charge on any atom is 0.414 e. The van der Waals surface area contributed by atoms with Crippen molar-refractivity contribution in [3.05, 3.63) is 35.9 Å². The van der Waals surface area contributed by atoms with Crippen LogP contribution in [0.1, 0.15) is 62.7 Å². The summed E-state index contributed by atoms with van der Waals surface area (Å²) < 4.78 is 7.49. The summed E-state index contributed by atoms with van der Waals surface area (Å²) in [4.78, 5) is 25.5. The topological polar surface area (TPSA) is 100 Å². The number of anilines is 3. The van der Waals surface area contributed by atoms with Crippen molar-refractivity contribution in [1.82, 2.24) is 29.5 Å². The van der Waals surface area contributed by atoms with E-state index in [0.717, 1.165) is 48.7 Å². The summed E-state index contributed by atoms with van der Waals surface area (Å²) in [6, 6.07) is 0.405. The Balaban J connectivity index is 1.22. The minimum atomic E-state index is -0.544. The minimum Gasteiger partial charge on any atom is -0.439 e. The summed E-state index contributed by atoms with van der Waals surface area (Å²) in [6.45, 7) is 9.16. The van der Waals surface area contributed by atoms with Gasteiger partial charge in [0.15, 0.2) is 0 Å². The summed E-state index contributed by atoms with van der Waals surface area (Å²) in [5.41, 5.74) is 2.49. The number of aromatic nitrogens is 4. The third-order valence-corrected chi connectivity index (χ3v) is 6.85. The molecule has 10 nitrogen and oxygen atoms in total. The van der Waals surface area contributed by atoms with Gasteiger partial charge in [0.25, 0.3) is 0 Å². The van der Waals surface area contributed by atoms with Gasteiger partial charge in [-0.3, -0.25) is 9.58 Å². The molecule has 1 amide bonds. The minimum absolute atomic E-state index is 0.301. The van der Waals surface area contributed by atoms with Gasteiger partial charge in [-0.05, 0) is 72.0 Å². The number of likely N-dealkylation sites (tertiary alicyclic amines) is 1. The molecule has 2 N–H and O–H groups in total. The Morgan fingerprint density at radius 3 is 2.80 bits per heavy atom. The molecule has 2 aliphatic heterocycles. The fourth-order valence-corrected chi connectivity index (χ4v) is 4.60. The number of carbonyl (C=O) groups is 1. The van der Waals surface area contributed by atoms with Crippen molar-refractivity contribution < 1.29 is 9.53 Å². The molecule has 0 radical (unpaired) electrons. The van der Waals surface area contributed by atoms with Gasteiger partial charge in [-0.2, -0.15) is 10.1 Å². The van der Waals surface area contributed by atoms with Crippen molar-refractivity contribution in [1.29, 1.82) is 0 Å². The van der Waals surface area contributed by atoms with Gasteiger partial charge in [0, 0.05) is 43.8 Å². The summed E-state index contributed by atoms with van der Waals surface area (Å²) in [7, 11) is 2.15. The van der Waals surface area contributed by atoms with Gasteiger partial charge in [-0.25, -0.2) is 9.78 Å². The molecule has 0 aromatic carbocycles. The van der Waals surface area contributed by atoms with Crippen molar-refractivity contribution >= 4 is 23.5 Å². The smallest absolute Gasteiger partial charge is 0.414 e. The normalized spacial score (nSPS) is 21.9. The molecule has 3 aliphatic rings. The first-order chi connectivity index (χ1) is 16.8. The van der Waals surface area contributed by atoms with Crippen LogP contribution in [0.5, 0.6) is 0 Å². The number of aryl methyl sites for hydroxylation is 1.